The van der Waals surface area contributed by atoms with Gasteiger partial charge in [0, 0.05) is 30.6 Å². The summed E-state index contributed by atoms with van der Waals surface area (Å²) >= 11 is 0. The van der Waals surface area contributed by atoms with E-state index in [1.54, 1.807) is 17.0 Å². The number of methoxy groups -OCH3 is 1. The third-order valence-corrected chi connectivity index (χ3v) is 8.91. The number of nitrogens with zero attached hydrogens (tertiary/aromatic N) is 1. The van der Waals surface area contributed by atoms with E-state index in [1.165, 1.54) is 19.2 Å². The van der Waals surface area contributed by atoms with Crippen LogP contribution in [-0.2, 0) is 21.1 Å². The van der Waals surface area contributed by atoms with Crippen LogP contribution >= 0.6 is 0 Å². The zero-order chi connectivity index (χ0) is 25.3. The number of carbonyl (C=O) groups is 1. The number of piperidine rings is 1. The Bertz CT molecular complexity index is 1190. The minimum atomic E-state index is -3.65. The lowest BCUT2D eigenvalue weighted by Crippen LogP contribution is -2.50. The maximum absolute atomic E-state index is 14.1. The number of fused-ring (bicyclic) bond motifs is 2. The Morgan fingerprint density at radius 1 is 1.09 bits per heavy atom. The van der Waals surface area contributed by atoms with Crippen molar-refractivity contribution in [1.82, 2.24) is 4.90 Å². The molecule has 2 N–H and O–H groups in total. The number of ether oxygens (including phenoxy) is 1. The highest BCUT2D eigenvalue weighted by molar-refractivity contribution is 7.91. The summed E-state index contributed by atoms with van der Waals surface area (Å²) in [5.74, 6) is -3.26. The molecule has 10 heteroatoms. The lowest BCUT2D eigenvalue weighted by molar-refractivity contribution is -0.136. The third-order valence-electron chi connectivity index (χ3n) is 7.19. The van der Waals surface area contributed by atoms with Crippen LogP contribution in [0.3, 0.4) is 0 Å². The number of hydrogen-bond donors (Lipinski definition) is 1. The highest BCUT2D eigenvalue weighted by Crippen LogP contribution is 2.40. The van der Waals surface area contributed by atoms with Gasteiger partial charge in [0.15, 0.2) is 21.5 Å². The van der Waals surface area contributed by atoms with Gasteiger partial charge >= 0.3 is 0 Å². The Morgan fingerprint density at radius 3 is 2.40 bits per heavy atom. The zero-order valence-electron chi connectivity index (χ0n) is 19.4. The second-order valence-electron chi connectivity index (χ2n) is 9.39. The maximum atomic E-state index is 14.1. The van der Waals surface area contributed by atoms with Gasteiger partial charge < -0.3 is 15.4 Å². The highest BCUT2D eigenvalue weighted by Gasteiger charge is 2.44. The molecule has 190 valence electrons. The molecule has 4 rings (SSSR count). The fourth-order valence-corrected chi connectivity index (χ4v) is 6.64. The predicted molar refractivity (Wildman–Crippen MR) is 124 cm³/mol. The lowest BCUT2D eigenvalue weighted by atomic mass is 9.82. The number of sulfone groups is 1. The van der Waals surface area contributed by atoms with Crippen LogP contribution in [-0.4, -0.2) is 50.2 Å². The summed E-state index contributed by atoms with van der Waals surface area (Å²) in [6.45, 7) is 0. The number of carbonyl (C=O) groups excluding carboxylic acids is 1. The third kappa shape index (κ3) is 5.48. The molecule has 0 saturated carbocycles. The van der Waals surface area contributed by atoms with Crippen molar-refractivity contribution in [3.63, 3.8) is 0 Å². The number of benzene rings is 2. The average Bonchev–Trinajstić information content (AvgIpc) is 3.10. The Kier molecular flexibility index (Phi) is 7.42. The minimum absolute atomic E-state index is 0.00965. The van der Waals surface area contributed by atoms with E-state index in [4.69, 9.17) is 10.5 Å². The molecule has 2 aliphatic heterocycles. The summed E-state index contributed by atoms with van der Waals surface area (Å²) in [5.41, 5.74) is 6.37. The van der Waals surface area contributed by atoms with Crippen molar-refractivity contribution in [2.24, 2.45) is 11.7 Å². The van der Waals surface area contributed by atoms with Crippen LogP contribution < -0.4 is 10.5 Å². The largest absolute Gasteiger partial charge is 0.497 e. The van der Waals surface area contributed by atoms with Crippen molar-refractivity contribution in [3.8, 4) is 5.75 Å². The molecular weight excluding hydrogens is 481 g/mol. The molecule has 2 aromatic carbocycles. The molecule has 0 radical (unpaired) electrons. The molecule has 2 heterocycles. The summed E-state index contributed by atoms with van der Waals surface area (Å²) in [7, 11) is -2.20. The van der Waals surface area contributed by atoms with Crippen molar-refractivity contribution in [3.05, 3.63) is 59.4 Å². The Balaban J connectivity index is 1.37. The Morgan fingerprint density at radius 2 is 1.74 bits per heavy atom. The molecule has 1 amide bonds. The summed E-state index contributed by atoms with van der Waals surface area (Å²) in [5, 5.41) is 0. The van der Waals surface area contributed by atoms with Crippen LogP contribution in [0.25, 0.3) is 0 Å². The lowest BCUT2D eigenvalue weighted by Gasteiger charge is -2.41. The SMILES string of the molecule is COc1cccc(S(=O)(=O)CCC(=O)N2[C@@H]3CC[C@H]2C[C@H]([C@H](N)Cc2cc(F)c(F)cc2F)C3)c1. The van der Waals surface area contributed by atoms with Gasteiger partial charge in [0.25, 0.3) is 0 Å². The molecule has 0 aromatic heterocycles. The average molecular weight is 511 g/mol. The number of rotatable bonds is 8. The predicted octanol–water partition coefficient (Wildman–Crippen LogP) is 3.62. The molecule has 0 unspecified atom stereocenters. The van der Waals surface area contributed by atoms with Gasteiger partial charge in [0.2, 0.25) is 5.91 Å². The Labute approximate surface area is 203 Å². The molecule has 35 heavy (non-hydrogen) atoms. The van der Waals surface area contributed by atoms with Crippen molar-refractivity contribution in [2.75, 3.05) is 12.9 Å². The van der Waals surface area contributed by atoms with Crippen LogP contribution in [0.5, 0.6) is 5.75 Å². The van der Waals surface area contributed by atoms with Gasteiger partial charge in [-0.05, 0) is 67.9 Å². The summed E-state index contributed by atoms with van der Waals surface area (Å²) in [4.78, 5) is 14.9. The van der Waals surface area contributed by atoms with Crippen LogP contribution in [0.15, 0.2) is 41.3 Å². The first kappa shape index (κ1) is 25.5. The molecule has 6 nitrogen and oxygen atoms in total. The molecule has 2 fully saturated rings. The first-order valence-electron chi connectivity index (χ1n) is 11.7. The topological polar surface area (TPSA) is 89.7 Å². The number of amides is 1. The van der Waals surface area contributed by atoms with Crippen LogP contribution in [0, 0.1) is 23.4 Å². The van der Waals surface area contributed by atoms with E-state index in [9.17, 15) is 26.4 Å². The summed E-state index contributed by atoms with van der Waals surface area (Å²) in [6.07, 6.45) is 2.75. The zero-order valence-corrected chi connectivity index (χ0v) is 20.2. The van der Waals surface area contributed by atoms with E-state index in [0.717, 1.165) is 18.9 Å². The van der Waals surface area contributed by atoms with E-state index in [-0.39, 0.29) is 53.0 Å². The summed E-state index contributed by atoms with van der Waals surface area (Å²) in [6, 6.07) is 6.94. The minimum Gasteiger partial charge on any atom is -0.497 e. The second-order valence-corrected chi connectivity index (χ2v) is 11.5. The van der Waals surface area contributed by atoms with E-state index >= 15 is 0 Å². The number of hydrogen-bond acceptors (Lipinski definition) is 5. The summed E-state index contributed by atoms with van der Waals surface area (Å²) < 4.78 is 71.4. The first-order chi connectivity index (χ1) is 16.6. The molecule has 4 atom stereocenters. The van der Waals surface area contributed by atoms with Gasteiger partial charge in [-0.1, -0.05) is 6.07 Å². The maximum Gasteiger partial charge on any atom is 0.224 e. The molecule has 2 aliphatic rings. The standard InChI is InChI=1S/C25H29F3N2O4S/c1-34-19-3-2-4-20(13-19)35(32,33)8-7-25(31)30-17-5-6-18(30)10-16(9-17)24(29)12-15-11-22(27)23(28)14-21(15)26/h2-4,11,13-14,16-18,24H,5-10,12,29H2,1H3/t16-,17-,18+,24-/m1/s1. The van der Waals surface area contributed by atoms with Crippen LogP contribution in [0.1, 0.15) is 37.7 Å². The monoisotopic (exact) mass is 510 g/mol. The fourth-order valence-electron chi connectivity index (χ4n) is 5.38. The van der Waals surface area contributed by atoms with E-state index < -0.39 is 33.3 Å². The van der Waals surface area contributed by atoms with Gasteiger partial charge in [-0.2, -0.15) is 0 Å². The van der Waals surface area contributed by atoms with Gasteiger partial charge in [-0.25, -0.2) is 21.6 Å². The number of nitrogens with two attached hydrogens (primary N) is 1. The quantitative estimate of drug-likeness (QED) is 0.548. The van der Waals surface area contributed by atoms with Gasteiger partial charge in [0.1, 0.15) is 11.6 Å². The van der Waals surface area contributed by atoms with Crippen molar-refractivity contribution in [1.29, 1.82) is 0 Å². The van der Waals surface area contributed by atoms with Crippen molar-refractivity contribution < 1.29 is 31.1 Å². The van der Waals surface area contributed by atoms with Gasteiger partial charge in [-0.3, -0.25) is 4.79 Å². The van der Waals surface area contributed by atoms with Gasteiger partial charge in [0.05, 0.1) is 17.8 Å². The molecule has 2 bridgehead atoms. The smallest absolute Gasteiger partial charge is 0.224 e. The second kappa shape index (κ2) is 10.2. The van der Waals surface area contributed by atoms with Crippen LogP contribution in [0.4, 0.5) is 13.2 Å². The van der Waals surface area contributed by atoms with Gasteiger partial charge in [-0.15, -0.1) is 0 Å². The molecule has 0 aliphatic carbocycles. The molecule has 2 aromatic rings. The van der Waals surface area contributed by atoms with Crippen LogP contribution in [0.2, 0.25) is 0 Å². The normalized spacial score (nSPS) is 22.8. The van der Waals surface area contributed by atoms with E-state index in [2.05, 4.69) is 0 Å². The van der Waals surface area contributed by atoms with E-state index in [1.807, 2.05) is 0 Å². The molecule has 2 saturated heterocycles. The molecular formula is C25H29F3N2O4S. The van der Waals surface area contributed by atoms with Crippen molar-refractivity contribution >= 4 is 15.7 Å². The highest BCUT2D eigenvalue weighted by atomic mass is 32.2. The van der Waals surface area contributed by atoms with E-state index in [0.29, 0.717) is 24.7 Å². The van der Waals surface area contributed by atoms with Crippen molar-refractivity contribution in [2.45, 2.75) is 61.5 Å². The Hall–Kier alpha value is -2.59. The first-order valence-corrected chi connectivity index (χ1v) is 13.3. The number of halogens is 3. The fraction of sp³-hybridized carbons (Fsp3) is 0.480. The molecule has 0 spiro atoms.